The third-order valence-electron chi connectivity index (χ3n) is 10.4. The highest BCUT2D eigenvalue weighted by Gasteiger charge is 2.50. The average Bonchev–Trinajstić information content (AvgIpc) is 3.75. The predicted octanol–water partition coefficient (Wildman–Crippen LogP) is 11.0. The second-order valence-corrected chi connectivity index (χ2v) is 12.4. The Balaban J connectivity index is 1.33. The van der Waals surface area contributed by atoms with Crippen molar-refractivity contribution < 1.29 is 4.42 Å². The molecular weight excluding hydrogens is 546 g/mol. The van der Waals surface area contributed by atoms with Crippen molar-refractivity contribution in [2.24, 2.45) is 0 Å². The summed E-state index contributed by atoms with van der Waals surface area (Å²) in [4.78, 5) is 0. The van der Waals surface area contributed by atoms with E-state index in [4.69, 9.17) is 4.42 Å². The summed E-state index contributed by atoms with van der Waals surface area (Å²) in [6.07, 6.45) is 0. The summed E-state index contributed by atoms with van der Waals surface area (Å²) >= 11 is 0. The minimum absolute atomic E-state index is 0.468. The predicted molar refractivity (Wildman–Crippen MR) is 184 cm³/mol. The maximum atomic E-state index is 6.55. The standard InChI is InChI=1S/C43H25NO/c1-5-18-34-28(11-1)29-12-2-6-19-35(29)43(34)36-20-10-16-32-30-13-3-7-21-38(30)44(41(32)36)39-24-23-26(25-37(39)43)27-15-9-17-33-31-14-4-8-22-40(31)45-42(27)33/h1-25H. The molecule has 3 heterocycles. The van der Waals surface area contributed by atoms with Crippen LogP contribution in [0.15, 0.2) is 156 Å². The van der Waals surface area contributed by atoms with E-state index in [-0.39, 0.29) is 0 Å². The highest BCUT2D eigenvalue weighted by Crippen LogP contribution is 2.61. The van der Waals surface area contributed by atoms with Crippen molar-refractivity contribution in [3.05, 3.63) is 174 Å². The second-order valence-electron chi connectivity index (χ2n) is 12.4. The van der Waals surface area contributed by atoms with E-state index in [1.807, 2.05) is 6.07 Å². The molecule has 45 heavy (non-hydrogen) atoms. The molecule has 0 bridgehead atoms. The number of nitrogens with zero attached hydrogens (tertiary/aromatic N) is 1. The first-order chi connectivity index (χ1) is 22.3. The van der Waals surface area contributed by atoms with E-state index in [2.05, 4.69) is 150 Å². The summed E-state index contributed by atoms with van der Waals surface area (Å²) in [6, 6.07) is 55.8. The van der Waals surface area contributed by atoms with Gasteiger partial charge in [0, 0.05) is 27.1 Å². The molecule has 11 rings (SSSR count). The maximum absolute atomic E-state index is 6.55. The Labute approximate surface area is 259 Å². The number of para-hydroxylation sites is 4. The average molecular weight is 572 g/mol. The SMILES string of the molecule is c1ccc2c(c1)-c1ccccc1C21c2cc(-c3cccc4c3oc3ccccc34)ccc2-n2c3ccccc3c3cccc1c32. The normalized spacial score (nSPS) is 14.0. The first kappa shape index (κ1) is 23.6. The molecule has 0 amide bonds. The summed E-state index contributed by atoms with van der Waals surface area (Å²) in [5.41, 5.74) is 15.4. The summed E-state index contributed by atoms with van der Waals surface area (Å²) in [5, 5.41) is 4.88. The van der Waals surface area contributed by atoms with Crippen LogP contribution in [0.5, 0.6) is 0 Å². The van der Waals surface area contributed by atoms with Crippen LogP contribution in [0.2, 0.25) is 0 Å². The quantitative estimate of drug-likeness (QED) is 0.192. The van der Waals surface area contributed by atoms with Crippen LogP contribution in [0.1, 0.15) is 22.3 Å². The zero-order valence-electron chi connectivity index (χ0n) is 24.3. The largest absolute Gasteiger partial charge is 0.455 e. The molecule has 2 nitrogen and oxygen atoms in total. The summed E-state index contributed by atoms with van der Waals surface area (Å²) in [5.74, 6) is 0. The Morgan fingerprint density at radius 3 is 1.91 bits per heavy atom. The molecule has 208 valence electrons. The Hall–Kier alpha value is -5.86. The van der Waals surface area contributed by atoms with Crippen molar-refractivity contribution in [2.75, 3.05) is 0 Å². The zero-order chi connectivity index (χ0) is 29.3. The fraction of sp³-hybridized carbons (Fsp3) is 0.0233. The fourth-order valence-corrected chi connectivity index (χ4v) is 8.71. The van der Waals surface area contributed by atoms with Crippen LogP contribution in [-0.4, -0.2) is 4.57 Å². The van der Waals surface area contributed by atoms with Crippen molar-refractivity contribution in [3.63, 3.8) is 0 Å². The fourth-order valence-electron chi connectivity index (χ4n) is 8.71. The monoisotopic (exact) mass is 571 g/mol. The van der Waals surface area contributed by atoms with Gasteiger partial charge in [-0.2, -0.15) is 0 Å². The number of hydrogen-bond acceptors (Lipinski definition) is 1. The summed E-state index contributed by atoms with van der Waals surface area (Å²) < 4.78 is 9.06. The van der Waals surface area contributed by atoms with E-state index in [0.29, 0.717) is 0 Å². The minimum atomic E-state index is -0.468. The molecule has 9 aromatic rings. The first-order valence-electron chi connectivity index (χ1n) is 15.6. The number of fused-ring (bicyclic) bond motifs is 15. The lowest BCUT2D eigenvalue weighted by Gasteiger charge is -2.40. The summed E-state index contributed by atoms with van der Waals surface area (Å²) in [6.45, 7) is 0. The molecule has 1 aliphatic heterocycles. The smallest absolute Gasteiger partial charge is 0.143 e. The lowest BCUT2D eigenvalue weighted by molar-refractivity contribution is 0.670. The van der Waals surface area contributed by atoms with Crippen molar-refractivity contribution in [3.8, 4) is 27.9 Å². The van der Waals surface area contributed by atoms with E-state index in [0.717, 1.165) is 33.1 Å². The minimum Gasteiger partial charge on any atom is -0.455 e. The van der Waals surface area contributed by atoms with Gasteiger partial charge in [0.15, 0.2) is 0 Å². The van der Waals surface area contributed by atoms with Gasteiger partial charge in [0.1, 0.15) is 11.2 Å². The zero-order valence-corrected chi connectivity index (χ0v) is 24.3. The van der Waals surface area contributed by atoms with Crippen molar-refractivity contribution in [2.45, 2.75) is 5.41 Å². The number of benzene rings is 7. The first-order valence-corrected chi connectivity index (χ1v) is 15.6. The summed E-state index contributed by atoms with van der Waals surface area (Å²) in [7, 11) is 0. The van der Waals surface area contributed by atoms with E-state index in [9.17, 15) is 0 Å². The molecule has 0 saturated heterocycles. The molecule has 2 heteroatoms. The highest BCUT2D eigenvalue weighted by molar-refractivity contribution is 6.13. The van der Waals surface area contributed by atoms with Crippen LogP contribution in [0.4, 0.5) is 0 Å². The van der Waals surface area contributed by atoms with E-state index < -0.39 is 5.41 Å². The molecule has 0 N–H and O–H groups in total. The lowest BCUT2D eigenvalue weighted by Crippen LogP contribution is -2.33. The van der Waals surface area contributed by atoms with Crippen LogP contribution in [0.3, 0.4) is 0 Å². The number of hydrogen-bond donors (Lipinski definition) is 0. The topological polar surface area (TPSA) is 18.1 Å². The van der Waals surface area contributed by atoms with Crippen LogP contribution < -0.4 is 0 Å². The van der Waals surface area contributed by atoms with Crippen molar-refractivity contribution in [1.82, 2.24) is 4.57 Å². The highest BCUT2D eigenvalue weighted by atomic mass is 16.3. The van der Waals surface area contributed by atoms with Crippen LogP contribution in [-0.2, 0) is 5.41 Å². The number of furan rings is 1. The van der Waals surface area contributed by atoms with Gasteiger partial charge < -0.3 is 8.98 Å². The Morgan fingerprint density at radius 1 is 0.444 bits per heavy atom. The van der Waals surface area contributed by atoms with Gasteiger partial charge in [0.25, 0.3) is 0 Å². The van der Waals surface area contributed by atoms with Crippen LogP contribution >= 0.6 is 0 Å². The van der Waals surface area contributed by atoms with Crippen molar-refractivity contribution >= 4 is 43.7 Å². The third-order valence-corrected chi connectivity index (χ3v) is 10.4. The van der Waals surface area contributed by atoms with Crippen LogP contribution in [0.25, 0.3) is 71.7 Å². The Kier molecular flexibility index (Phi) is 4.29. The van der Waals surface area contributed by atoms with Crippen molar-refractivity contribution in [1.29, 1.82) is 0 Å². The molecule has 0 atom stereocenters. The molecular formula is C43H25NO. The van der Waals surface area contributed by atoms with Gasteiger partial charge in [-0.05, 0) is 63.2 Å². The molecule has 2 aliphatic rings. The van der Waals surface area contributed by atoms with Gasteiger partial charge in [-0.1, -0.05) is 127 Å². The lowest BCUT2D eigenvalue weighted by atomic mass is 9.65. The van der Waals surface area contributed by atoms with Gasteiger partial charge in [-0.3, -0.25) is 0 Å². The molecule has 0 radical (unpaired) electrons. The molecule has 0 fully saturated rings. The Bertz CT molecular complexity index is 2670. The van der Waals surface area contributed by atoms with E-state index in [1.54, 1.807) is 0 Å². The second kappa shape index (κ2) is 8.19. The van der Waals surface area contributed by atoms with Gasteiger partial charge in [0.05, 0.1) is 22.1 Å². The van der Waals surface area contributed by atoms with E-state index in [1.165, 1.54) is 60.9 Å². The molecule has 0 unspecified atom stereocenters. The Morgan fingerprint density at radius 2 is 1.07 bits per heavy atom. The van der Waals surface area contributed by atoms with Gasteiger partial charge >= 0.3 is 0 Å². The van der Waals surface area contributed by atoms with Crippen LogP contribution in [0, 0.1) is 0 Å². The molecule has 7 aromatic carbocycles. The van der Waals surface area contributed by atoms with Gasteiger partial charge in [-0.25, -0.2) is 0 Å². The van der Waals surface area contributed by atoms with Gasteiger partial charge in [0.2, 0.25) is 0 Å². The molecule has 1 aliphatic carbocycles. The molecule has 1 spiro atoms. The molecule has 0 saturated carbocycles. The maximum Gasteiger partial charge on any atom is 0.143 e. The number of aromatic nitrogens is 1. The third kappa shape index (κ3) is 2.73. The van der Waals surface area contributed by atoms with Gasteiger partial charge in [-0.15, -0.1) is 0 Å². The number of rotatable bonds is 1. The van der Waals surface area contributed by atoms with E-state index >= 15 is 0 Å². The molecule has 2 aromatic heterocycles.